The van der Waals surface area contributed by atoms with E-state index >= 15 is 0 Å². The van der Waals surface area contributed by atoms with Gasteiger partial charge in [-0.15, -0.1) is 11.3 Å². The van der Waals surface area contributed by atoms with Crippen molar-refractivity contribution >= 4 is 38.9 Å². The third-order valence-electron chi connectivity index (χ3n) is 2.47. The fraction of sp³-hybridized carbons (Fsp3) is 0.231. The first-order valence-corrected chi connectivity index (χ1v) is 7.45. The number of thiophene rings is 1. The van der Waals surface area contributed by atoms with Crippen LogP contribution >= 0.6 is 38.9 Å². The molecule has 96 valence electrons. The van der Waals surface area contributed by atoms with Gasteiger partial charge in [0.1, 0.15) is 12.4 Å². The molecule has 0 aliphatic rings. The molecular weight excluding hydrogens is 336 g/mol. The summed E-state index contributed by atoms with van der Waals surface area (Å²) in [6.45, 7) is 2.13. The van der Waals surface area contributed by atoms with Crippen LogP contribution in [0.3, 0.4) is 0 Å². The Bertz CT molecular complexity index is 540. The normalized spacial score (nSPS) is 12.4. The molecule has 0 radical (unpaired) electrons. The molecule has 0 unspecified atom stereocenters. The van der Waals surface area contributed by atoms with Gasteiger partial charge in [0, 0.05) is 10.0 Å². The third-order valence-corrected chi connectivity index (χ3v) is 4.33. The predicted molar refractivity (Wildman–Crippen MR) is 78.4 cm³/mol. The van der Waals surface area contributed by atoms with E-state index in [2.05, 4.69) is 15.9 Å². The van der Waals surface area contributed by atoms with Crippen LogP contribution in [0.1, 0.15) is 23.5 Å². The van der Waals surface area contributed by atoms with Crippen LogP contribution in [-0.4, -0.2) is 5.11 Å². The molecule has 0 aliphatic heterocycles. The average molecular weight is 348 g/mol. The number of aliphatic hydroxyl groups excluding tert-OH is 1. The summed E-state index contributed by atoms with van der Waals surface area (Å²) in [5.41, 5.74) is 0.761. The predicted octanol–water partition coefficient (Wildman–Crippen LogP) is 4.80. The maximum Gasteiger partial charge on any atom is 0.125 e. The van der Waals surface area contributed by atoms with Gasteiger partial charge in [-0.1, -0.05) is 27.5 Å². The summed E-state index contributed by atoms with van der Waals surface area (Å²) in [6, 6.07) is 7.43. The van der Waals surface area contributed by atoms with Crippen molar-refractivity contribution in [3.8, 4) is 5.75 Å². The van der Waals surface area contributed by atoms with Crippen molar-refractivity contribution in [2.75, 3.05) is 0 Å². The molecule has 0 saturated heterocycles. The molecule has 18 heavy (non-hydrogen) atoms. The van der Waals surface area contributed by atoms with E-state index in [4.69, 9.17) is 16.3 Å². The first-order valence-electron chi connectivity index (χ1n) is 5.40. The van der Waals surface area contributed by atoms with E-state index in [0.717, 1.165) is 19.9 Å². The number of ether oxygens (including phenoxy) is 1. The number of rotatable bonds is 4. The van der Waals surface area contributed by atoms with Crippen LogP contribution in [-0.2, 0) is 6.61 Å². The quantitative estimate of drug-likeness (QED) is 0.861. The van der Waals surface area contributed by atoms with E-state index in [1.807, 2.05) is 29.6 Å². The van der Waals surface area contributed by atoms with Crippen LogP contribution in [0.15, 0.2) is 34.1 Å². The maximum atomic E-state index is 9.72. The molecule has 2 nitrogen and oxygen atoms in total. The molecule has 1 heterocycles. The maximum absolute atomic E-state index is 9.72. The van der Waals surface area contributed by atoms with Gasteiger partial charge in [0.05, 0.1) is 16.0 Å². The number of hydrogen-bond donors (Lipinski definition) is 1. The van der Waals surface area contributed by atoms with E-state index in [1.54, 1.807) is 18.3 Å². The zero-order valence-electron chi connectivity index (χ0n) is 9.69. The van der Waals surface area contributed by atoms with Crippen LogP contribution in [0, 0.1) is 0 Å². The summed E-state index contributed by atoms with van der Waals surface area (Å²) >= 11 is 10.9. The Balaban J connectivity index is 2.16. The van der Waals surface area contributed by atoms with Gasteiger partial charge in [0.25, 0.3) is 0 Å². The average Bonchev–Trinajstić information content (AvgIpc) is 2.73. The lowest BCUT2D eigenvalue weighted by atomic mass is 10.1. The van der Waals surface area contributed by atoms with Crippen molar-refractivity contribution in [3.05, 3.63) is 49.6 Å². The summed E-state index contributed by atoms with van der Waals surface area (Å²) in [7, 11) is 0. The Labute approximate surface area is 123 Å². The van der Waals surface area contributed by atoms with Crippen molar-refractivity contribution < 1.29 is 9.84 Å². The number of hydrogen-bond acceptors (Lipinski definition) is 3. The summed E-state index contributed by atoms with van der Waals surface area (Å²) in [5.74, 6) is 0.678. The first-order chi connectivity index (χ1) is 8.58. The van der Waals surface area contributed by atoms with Crippen molar-refractivity contribution in [3.63, 3.8) is 0 Å². The van der Waals surface area contributed by atoms with Crippen molar-refractivity contribution in [2.24, 2.45) is 0 Å². The number of benzene rings is 1. The van der Waals surface area contributed by atoms with Gasteiger partial charge in [-0.05, 0) is 36.6 Å². The largest absolute Gasteiger partial charge is 0.488 e. The van der Waals surface area contributed by atoms with Gasteiger partial charge in [-0.3, -0.25) is 0 Å². The highest BCUT2D eigenvalue weighted by molar-refractivity contribution is 9.10. The molecule has 0 fully saturated rings. The third kappa shape index (κ3) is 3.26. The minimum Gasteiger partial charge on any atom is -0.488 e. The molecule has 1 aromatic heterocycles. The molecule has 1 N–H and O–H groups in total. The van der Waals surface area contributed by atoms with Gasteiger partial charge < -0.3 is 9.84 Å². The standard InChI is InChI=1S/C13H12BrClO2S/c1-8(16)10-6-9(14)2-3-12(10)17-7-13-11(15)4-5-18-13/h2-6,8,16H,7H2,1H3/t8-/m0/s1. The molecule has 0 spiro atoms. The number of halogens is 2. The van der Waals surface area contributed by atoms with Gasteiger partial charge in [-0.2, -0.15) is 0 Å². The molecule has 2 aromatic rings. The minimum atomic E-state index is -0.573. The zero-order valence-corrected chi connectivity index (χ0v) is 12.8. The van der Waals surface area contributed by atoms with E-state index in [-0.39, 0.29) is 0 Å². The molecule has 2 rings (SSSR count). The Kier molecular flexibility index (Phi) is 4.67. The summed E-state index contributed by atoms with van der Waals surface area (Å²) in [4.78, 5) is 0.983. The second-order valence-corrected chi connectivity index (χ2v) is 6.16. The zero-order chi connectivity index (χ0) is 13.1. The second kappa shape index (κ2) is 6.06. The highest BCUT2D eigenvalue weighted by Crippen LogP contribution is 2.30. The van der Waals surface area contributed by atoms with Crippen LogP contribution in [0.4, 0.5) is 0 Å². The molecule has 0 saturated carbocycles. The van der Waals surface area contributed by atoms with E-state index in [9.17, 15) is 5.11 Å². The van der Waals surface area contributed by atoms with E-state index < -0.39 is 6.10 Å². The summed E-state index contributed by atoms with van der Waals surface area (Å²) in [6.07, 6.45) is -0.573. The van der Waals surface area contributed by atoms with Crippen LogP contribution in [0.5, 0.6) is 5.75 Å². The fourth-order valence-electron chi connectivity index (χ4n) is 1.55. The lowest BCUT2D eigenvalue weighted by molar-refractivity contribution is 0.190. The second-order valence-electron chi connectivity index (χ2n) is 3.84. The molecule has 0 amide bonds. The van der Waals surface area contributed by atoms with Crippen LogP contribution < -0.4 is 4.74 Å². The SMILES string of the molecule is C[C@H](O)c1cc(Br)ccc1OCc1sccc1Cl. The van der Waals surface area contributed by atoms with Gasteiger partial charge in [-0.25, -0.2) is 0 Å². The Morgan fingerprint density at radius 3 is 2.83 bits per heavy atom. The summed E-state index contributed by atoms with van der Waals surface area (Å²) < 4.78 is 6.64. The van der Waals surface area contributed by atoms with Crippen molar-refractivity contribution in [1.82, 2.24) is 0 Å². The Morgan fingerprint density at radius 1 is 1.44 bits per heavy atom. The highest BCUT2D eigenvalue weighted by Gasteiger charge is 2.11. The van der Waals surface area contributed by atoms with Gasteiger partial charge in [0.15, 0.2) is 0 Å². The monoisotopic (exact) mass is 346 g/mol. The lowest BCUT2D eigenvalue weighted by Gasteiger charge is -2.13. The Morgan fingerprint density at radius 2 is 2.22 bits per heavy atom. The Hall–Kier alpha value is -0.550. The van der Waals surface area contributed by atoms with Crippen LogP contribution in [0.2, 0.25) is 5.02 Å². The molecular formula is C13H12BrClO2S. The number of aliphatic hydroxyl groups is 1. The smallest absolute Gasteiger partial charge is 0.125 e. The minimum absolute atomic E-state index is 0.415. The fourth-order valence-corrected chi connectivity index (χ4v) is 2.93. The van der Waals surface area contributed by atoms with Crippen molar-refractivity contribution in [1.29, 1.82) is 0 Å². The molecule has 0 bridgehead atoms. The van der Waals surface area contributed by atoms with Gasteiger partial charge >= 0.3 is 0 Å². The van der Waals surface area contributed by atoms with E-state index in [1.165, 1.54) is 0 Å². The van der Waals surface area contributed by atoms with Gasteiger partial charge in [0.2, 0.25) is 0 Å². The van der Waals surface area contributed by atoms with Crippen molar-refractivity contribution in [2.45, 2.75) is 19.6 Å². The lowest BCUT2D eigenvalue weighted by Crippen LogP contribution is -2.00. The van der Waals surface area contributed by atoms with Crippen LogP contribution in [0.25, 0.3) is 0 Å². The molecule has 1 atom stereocenters. The first kappa shape index (κ1) is 13.9. The summed E-state index contributed by atoms with van der Waals surface area (Å²) in [5, 5.41) is 12.4. The topological polar surface area (TPSA) is 29.5 Å². The molecule has 1 aromatic carbocycles. The molecule has 5 heteroatoms. The highest BCUT2D eigenvalue weighted by atomic mass is 79.9. The molecule has 0 aliphatic carbocycles. The van der Waals surface area contributed by atoms with E-state index in [0.29, 0.717) is 12.4 Å².